The van der Waals surface area contributed by atoms with Gasteiger partial charge in [0.25, 0.3) is 0 Å². The van der Waals surface area contributed by atoms with Crippen molar-refractivity contribution < 1.29 is 31.5 Å². The van der Waals surface area contributed by atoms with Gasteiger partial charge in [0, 0.05) is 63.3 Å². The van der Waals surface area contributed by atoms with Crippen molar-refractivity contribution in [2.24, 2.45) is 0 Å². The Hall–Kier alpha value is -9.37. The molecule has 10 aromatic carbocycles. The fourth-order valence-corrected chi connectivity index (χ4v) is 11.3. The molecular formula is C63H37N7S. The van der Waals surface area contributed by atoms with E-state index in [0.717, 1.165) is 23.9 Å². The first-order valence-electron chi connectivity index (χ1n) is 33.6. The van der Waals surface area contributed by atoms with E-state index in [9.17, 15) is 17.8 Å². The second-order valence-electron chi connectivity index (χ2n) is 16.6. The number of nitrogens with zero attached hydrogens (tertiary/aromatic N) is 7. The standard InChI is InChI=1S/C63H37N7S/c1-9-26-47-38(18-1)39-19-2-10-27-48(39)67(47)54-33-17-34-55(68-49-28-11-7-24-44(49)45-36-37-57-58(60(45)68)46-25-8-16-35-56(46)71-57)59(54)61-64-62(69-50-29-12-3-20-40(50)41-21-4-13-30-51(41)69)66-63(65-61)70-52-31-14-5-22-42(52)43-23-6-15-32-53(43)70/h1-37H/i1D,3D,4D,5D,6D,9D,12D,13D,14D,15D,17D,18D,20D,21D,22D,23D,26D,29D,30D,31D,32D,33D,34D. The van der Waals surface area contributed by atoms with Gasteiger partial charge in [0.1, 0.15) is 0 Å². The van der Waals surface area contributed by atoms with Crippen LogP contribution in [-0.4, -0.2) is 33.2 Å². The third-order valence-electron chi connectivity index (χ3n) is 13.1. The molecule has 16 rings (SSSR count). The molecule has 6 heterocycles. The number of benzene rings is 10. The highest BCUT2D eigenvalue weighted by Crippen LogP contribution is 2.46. The summed E-state index contributed by atoms with van der Waals surface area (Å²) in [7, 11) is 0. The molecule has 7 nitrogen and oxygen atoms in total. The minimum absolute atomic E-state index is 0.0302. The second kappa shape index (κ2) is 14.6. The van der Waals surface area contributed by atoms with Crippen molar-refractivity contribution in [2.45, 2.75) is 0 Å². The molecule has 0 unspecified atom stereocenters. The molecule has 6 aromatic heterocycles. The van der Waals surface area contributed by atoms with Crippen LogP contribution in [-0.2, 0) is 0 Å². The largest absolute Gasteiger partial charge is 0.308 e. The molecule has 0 fully saturated rings. The van der Waals surface area contributed by atoms with Crippen molar-refractivity contribution in [3.05, 3.63) is 224 Å². The summed E-state index contributed by atoms with van der Waals surface area (Å²) in [5.74, 6) is -2.25. The molecule has 16 aromatic rings. The van der Waals surface area contributed by atoms with Crippen LogP contribution in [0.4, 0.5) is 0 Å². The van der Waals surface area contributed by atoms with Crippen LogP contribution in [0.1, 0.15) is 31.5 Å². The van der Waals surface area contributed by atoms with Gasteiger partial charge in [-0.05, 0) is 66.6 Å². The highest BCUT2D eigenvalue weighted by molar-refractivity contribution is 7.26. The molecule has 0 amide bonds. The smallest absolute Gasteiger partial charge is 0.240 e. The van der Waals surface area contributed by atoms with E-state index < -0.39 is 212 Å². The zero-order valence-electron chi connectivity index (χ0n) is 59.1. The number of hydrogen-bond acceptors (Lipinski definition) is 4. The Kier molecular flexibility index (Phi) is 4.68. The van der Waals surface area contributed by atoms with E-state index in [1.54, 1.807) is 47.0 Å². The van der Waals surface area contributed by atoms with Crippen molar-refractivity contribution in [3.63, 3.8) is 0 Å². The monoisotopic (exact) mass is 946 g/mol. The van der Waals surface area contributed by atoms with E-state index >= 15 is 0 Å². The molecule has 330 valence electrons. The Bertz CT molecular complexity index is 5970. The minimum Gasteiger partial charge on any atom is -0.308 e. The summed E-state index contributed by atoms with van der Waals surface area (Å²) in [6.45, 7) is 0. The van der Waals surface area contributed by atoms with Crippen LogP contribution in [0.5, 0.6) is 0 Å². The van der Waals surface area contributed by atoms with Gasteiger partial charge < -0.3 is 9.13 Å². The van der Waals surface area contributed by atoms with E-state index in [1.807, 2.05) is 42.5 Å². The topological polar surface area (TPSA) is 58.4 Å². The third kappa shape index (κ3) is 5.34. The van der Waals surface area contributed by atoms with Gasteiger partial charge >= 0.3 is 0 Å². The van der Waals surface area contributed by atoms with Gasteiger partial charge in [-0.2, -0.15) is 15.0 Å². The predicted molar refractivity (Wildman–Crippen MR) is 296 cm³/mol. The van der Waals surface area contributed by atoms with Gasteiger partial charge in [0.15, 0.2) is 5.82 Å². The fourth-order valence-electron chi connectivity index (χ4n) is 10.2. The lowest BCUT2D eigenvalue weighted by molar-refractivity contribution is 0.891. The zero-order chi connectivity index (χ0) is 66.3. The Morgan fingerprint density at radius 1 is 0.324 bits per heavy atom. The van der Waals surface area contributed by atoms with Gasteiger partial charge in [0.2, 0.25) is 11.9 Å². The molecule has 0 bridgehead atoms. The van der Waals surface area contributed by atoms with Crippen molar-refractivity contribution in [2.75, 3.05) is 0 Å². The maximum Gasteiger partial charge on any atom is 0.240 e. The molecule has 0 aliphatic rings. The number of thiophene rings is 1. The van der Waals surface area contributed by atoms with E-state index in [1.165, 1.54) is 15.9 Å². The van der Waals surface area contributed by atoms with Crippen LogP contribution >= 0.6 is 11.3 Å². The van der Waals surface area contributed by atoms with Crippen molar-refractivity contribution in [3.8, 4) is 34.7 Å². The van der Waals surface area contributed by atoms with Gasteiger partial charge in [0.05, 0.1) is 92.6 Å². The van der Waals surface area contributed by atoms with Gasteiger partial charge in [-0.25, -0.2) is 0 Å². The highest BCUT2D eigenvalue weighted by atomic mass is 32.1. The lowest BCUT2D eigenvalue weighted by atomic mass is 10.1. The number of fused-ring (bicyclic) bond motifs is 16. The quantitative estimate of drug-likeness (QED) is 0.173. The Morgan fingerprint density at radius 2 is 0.761 bits per heavy atom. The fraction of sp³-hybridized carbons (Fsp3) is 0. The molecule has 0 radical (unpaired) electrons. The first kappa shape index (κ1) is 22.8. The SMILES string of the molecule is [2H]c1c([2H])c(-n2c3ccccc3c3c([2H])c([2H])c([2H])c([2H])c32)c(-c2nc(-n3c4c([2H])c([2H])c([2H])c([2H])c4c4c([2H])c([2H])c([2H])c([2H])c43)nc(-n3c4c([2H])c([2H])c([2H])c([2H])c4c4c([2H])c([2H])c([2H])c([2H])c43)n2)c(-n2c3ccccc3c3ccc4sc5ccccc5c4c32)c1[2H]. The molecule has 8 heteroatoms. The van der Waals surface area contributed by atoms with E-state index in [4.69, 9.17) is 28.7 Å². The molecule has 0 atom stereocenters. The zero-order valence-corrected chi connectivity index (χ0v) is 36.9. The van der Waals surface area contributed by atoms with Gasteiger partial charge in [-0.1, -0.05) is 157 Å². The molecule has 0 saturated heterocycles. The summed E-state index contributed by atoms with van der Waals surface area (Å²) in [4.78, 5) is 15.3. The summed E-state index contributed by atoms with van der Waals surface area (Å²) in [6.07, 6.45) is 0. The van der Waals surface area contributed by atoms with Crippen LogP contribution in [0.25, 0.3) is 142 Å². The summed E-state index contributed by atoms with van der Waals surface area (Å²) in [5, 5.41) is 1.16. The average Bonchev–Trinajstić information content (AvgIpc) is 1.54. The summed E-state index contributed by atoms with van der Waals surface area (Å²) in [5.41, 5.74) is -2.43. The maximum atomic E-state index is 10.5. The Labute approximate surface area is 441 Å². The summed E-state index contributed by atoms with van der Waals surface area (Å²) < 4.78 is 223. The number of aromatic nitrogens is 7. The number of hydrogen-bond donors (Lipinski definition) is 0. The van der Waals surface area contributed by atoms with Crippen molar-refractivity contribution in [1.29, 1.82) is 0 Å². The van der Waals surface area contributed by atoms with Crippen LogP contribution in [0.2, 0.25) is 0 Å². The summed E-state index contributed by atoms with van der Waals surface area (Å²) >= 11 is 1.47. The maximum absolute atomic E-state index is 10.5. The average molecular weight is 947 g/mol. The number of para-hydroxylation sites is 7. The molecule has 0 aliphatic carbocycles. The molecule has 0 saturated carbocycles. The molecule has 71 heavy (non-hydrogen) atoms. The predicted octanol–water partition coefficient (Wildman–Crippen LogP) is 16.3. The highest BCUT2D eigenvalue weighted by Gasteiger charge is 2.28. The molecule has 0 N–H and O–H groups in total. The van der Waals surface area contributed by atoms with E-state index in [2.05, 4.69) is 0 Å². The van der Waals surface area contributed by atoms with Crippen LogP contribution in [0.15, 0.2) is 224 Å². The van der Waals surface area contributed by atoms with Gasteiger partial charge in [-0.3, -0.25) is 9.13 Å². The van der Waals surface area contributed by atoms with Crippen LogP contribution in [0, 0.1) is 0 Å². The van der Waals surface area contributed by atoms with Gasteiger partial charge in [-0.15, -0.1) is 11.3 Å². The summed E-state index contributed by atoms with van der Waals surface area (Å²) in [6, 6.07) is 7.66. The molecular weight excluding hydrogens is 887 g/mol. The lowest BCUT2D eigenvalue weighted by Gasteiger charge is -2.20. The molecule has 0 spiro atoms. The Morgan fingerprint density at radius 3 is 1.32 bits per heavy atom. The normalized spacial score (nSPS) is 16.8. The first-order chi connectivity index (χ1) is 44.8. The van der Waals surface area contributed by atoms with Crippen molar-refractivity contribution in [1.82, 2.24) is 33.2 Å². The van der Waals surface area contributed by atoms with E-state index in [0.29, 0.717) is 27.2 Å². The van der Waals surface area contributed by atoms with Crippen molar-refractivity contribution >= 4 is 119 Å². The first-order valence-corrected chi connectivity index (χ1v) is 22.9. The molecule has 0 aliphatic heterocycles. The minimum atomic E-state index is -0.844. The van der Waals surface area contributed by atoms with Crippen LogP contribution in [0.3, 0.4) is 0 Å². The Balaban J connectivity index is 1.23. The van der Waals surface area contributed by atoms with E-state index in [-0.39, 0.29) is 27.5 Å². The van der Waals surface area contributed by atoms with Crippen LogP contribution < -0.4 is 0 Å². The second-order valence-corrected chi connectivity index (χ2v) is 17.7. The lowest BCUT2D eigenvalue weighted by Crippen LogP contribution is -2.12. The number of rotatable bonds is 5. The third-order valence-corrected chi connectivity index (χ3v) is 14.2.